The molecule has 1 aliphatic rings. The summed E-state index contributed by atoms with van der Waals surface area (Å²) in [5, 5.41) is 4.83. The van der Waals surface area contributed by atoms with E-state index in [2.05, 4.69) is 15.6 Å². The van der Waals surface area contributed by atoms with Gasteiger partial charge in [0.1, 0.15) is 23.1 Å². The van der Waals surface area contributed by atoms with Crippen LogP contribution in [-0.2, 0) is 10.3 Å². The van der Waals surface area contributed by atoms with Gasteiger partial charge in [-0.3, -0.25) is 0 Å². The summed E-state index contributed by atoms with van der Waals surface area (Å²) in [5.74, 6) is -2.30. The number of carbonyl (C=O) groups excluding carboxylic acids is 1. The summed E-state index contributed by atoms with van der Waals surface area (Å²) < 4.78 is 80.0. The monoisotopic (exact) mass is 513 g/mol. The Labute approximate surface area is 201 Å². The number of halogens is 6. The maximum absolute atomic E-state index is 14.0. The minimum Gasteiger partial charge on any atom is -0.437 e. The van der Waals surface area contributed by atoms with Gasteiger partial charge in [-0.25, -0.2) is 18.6 Å². The first-order valence-electron chi connectivity index (χ1n) is 10.2. The third-order valence-corrected chi connectivity index (χ3v) is 5.51. The number of nitrogens with zero attached hydrogens (tertiary/aromatic N) is 1. The van der Waals surface area contributed by atoms with Crippen molar-refractivity contribution < 1.29 is 36.2 Å². The molecule has 2 amide bonds. The molecule has 4 rings (SSSR count). The van der Waals surface area contributed by atoms with Gasteiger partial charge in [-0.15, -0.1) is 0 Å². The van der Waals surface area contributed by atoms with Gasteiger partial charge in [-0.1, -0.05) is 11.6 Å². The van der Waals surface area contributed by atoms with Gasteiger partial charge in [0.15, 0.2) is 5.60 Å². The maximum Gasteiger partial charge on any atom is 0.421 e. The van der Waals surface area contributed by atoms with Crippen molar-refractivity contribution >= 4 is 29.0 Å². The average molecular weight is 514 g/mol. The molecule has 2 heterocycles. The first-order valence-corrected chi connectivity index (χ1v) is 10.6. The van der Waals surface area contributed by atoms with E-state index < -0.39 is 41.4 Å². The molecule has 2 N–H and O–H groups in total. The van der Waals surface area contributed by atoms with Crippen molar-refractivity contribution in [3.8, 4) is 11.6 Å². The minimum atomic E-state index is -4.83. The third kappa shape index (κ3) is 5.01. The zero-order valence-corrected chi connectivity index (χ0v) is 18.7. The molecule has 1 atom stereocenters. The van der Waals surface area contributed by atoms with E-state index in [1.807, 2.05) is 0 Å². The molecule has 1 saturated heterocycles. The van der Waals surface area contributed by atoms with Crippen LogP contribution in [0.25, 0.3) is 0 Å². The highest BCUT2D eigenvalue weighted by atomic mass is 35.5. The lowest BCUT2D eigenvalue weighted by Gasteiger charge is -2.43. The van der Waals surface area contributed by atoms with Crippen LogP contribution in [-0.4, -0.2) is 23.8 Å². The molecule has 6 nitrogen and oxygen atoms in total. The zero-order chi connectivity index (χ0) is 25.4. The molecule has 0 spiro atoms. The maximum atomic E-state index is 14.0. The molecule has 0 aliphatic carbocycles. The molecular formula is C23H17ClF5N3O3. The van der Waals surface area contributed by atoms with E-state index in [9.17, 15) is 26.7 Å². The standard InChI is InChI=1S/C23H17ClF5N3O3/c1-12-2-5-18(32-21(33)31-17-6-3-13(24)10-16(17)26)20(30-12)35-19-7-4-14(25)11-15(19)22(8-9-34-22)23(27,28)29/h2-7,10-11H,8-9H2,1H3,(H2,31,32,33). The van der Waals surface area contributed by atoms with Gasteiger partial charge in [0.25, 0.3) is 0 Å². The van der Waals surface area contributed by atoms with Gasteiger partial charge in [0, 0.05) is 22.7 Å². The van der Waals surface area contributed by atoms with Crippen molar-refractivity contribution in [2.75, 3.05) is 17.2 Å². The number of pyridine rings is 1. The Balaban J connectivity index is 1.64. The van der Waals surface area contributed by atoms with E-state index in [-0.39, 0.29) is 34.6 Å². The van der Waals surface area contributed by atoms with Crippen molar-refractivity contribution in [2.45, 2.75) is 25.1 Å². The molecule has 12 heteroatoms. The number of anilines is 2. The number of nitrogens with one attached hydrogen (secondary N) is 2. The highest BCUT2D eigenvalue weighted by molar-refractivity contribution is 6.30. The van der Waals surface area contributed by atoms with Crippen LogP contribution in [0.2, 0.25) is 5.02 Å². The van der Waals surface area contributed by atoms with Gasteiger partial charge in [0.05, 0.1) is 12.3 Å². The topological polar surface area (TPSA) is 72.5 Å². The molecule has 0 bridgehead atoms. The molecule has 1 aliphatic heterocycles. The lowest BCUT2D eigenvalue weighted by Crippen LogP contribution is -2.52. The Morgan fingerprint density at radius 1 is 1.09 bits per heavy atom. The molecule has 35 heavy (non-hydrogen) atoms. The second-order valence-electron chi connectivity index (χ2n) is 7.67. The highest BCUT2D eigenvalue weighted by Crippen LogP contribution is 2.53. The van der Waals surface area contributed by atoms with Gasteiger partial charge in [-0.2, -0.15) is 13.2 Å². The van der Waals surface area contributed by atoms with Crippen molar-refractivity contribution in [3.05, 3.63) is 76.4 Å². The number of benzene rings is 2. The summed E-state index contributed by atoms with van der Waals surface area (Å²) in [6.07, 6.45) is -5.25. The molecule has 3 aromatic rings. The van der Waals surface area contributed by atoms with E-state index in [1.165, 1.54) is 24.3 Å². The van der Waals surface area contributed by atoms with Crippen LogP contribution >= 0.6 is 11.6 Å². The summed E-state index contributed by atoms with van der Waals surface area (Å²) in [4.78, 5) is 16.6. The number of urea groups is 1. The Morgan fingerprint density at radius 3 is 2.40 bits per heavy atom. The Morgan fingerprint density at radius 2 is 1.77 bits per heavy atom. The van der Waals surface area contributed by atoms with E-state index in [0.29, 0.717) is 11.8 Å². The second-order valence-corrected chi connectivity index (χ2v) is 8.11. The average Bonchev–Trinajstić information content (AvgIpc) is 2.72. The van der Waals surface area contributed by atoms with E-state index in [0.717, 1.165) is 18.2 Å². The SMILES string of the molecule is Cc1ccc(NC(=O)Nc2ccc(Cl)cc2F)c(Oc2ccc(F)cc2C2(C(F)(F)F)CCO2)n1. The van der Waals surface area contributed by atoms with Crippen LogP contribution in [0, 0.1) is 18.6 Å². The van der Waals surface area contributed by atoms with Crippen LogP contribution in [0.15, 0.2) is 48.5 Å². The van der Waals surface area contributed by atoms with Gasteiger partial charge in [-0.05, 0) is 55.5 Å². The molecule has 1 unspecified atom stereocenters. The summed E-state index contributed by atoms with van der Waals surface area (Å²) in [6.45, 7) is 1.43. The Kier molecular flexibility index (Phi) is 6.56. The Bertz CT molecular complexity index is 1280. The van der Waals surface area contributed by atoms with Crippen molar-refractivity contribution in [1.82, 2.24) is 4.98 Å². The van der Waals surface area contributed by atoms with Crippen molar-refractivity contribution in [1.29, 1.82) is 0 Å². The molecule has 0 radical (unpaired) electrons. The number of alkyl halides is 3. The highest BCUT2D eigenvalue weighted by Gasteiger charge is 2.62. The fourth-order valence-corrected chi connectivity index (χ4v) is 3.64. The fraction of sp³-hybridized carbons (Fsp3) is 0.217. The van der Waals surface area contributed by atoms with Crippen LogP contribution in [0.5, 0.6) is 11.6 Å². The van der Waals surface area contributed by atoms with Gasteiger partial charge >= 0.3 is 12.2 Å². The largest absolute Gasteiger partial charge is 0.437 e. The minimum absolute atomic E-state index is 0.0340. The first kappa shape index (κ1) is 24.7. The number of amides is 2. The summed E-state index contributed by atoms with van der Waals surface area (Å²) in [6, 6.07) is 8.32. The lowest BCUT2D eigenvalue weighted by atomic mass is 9.85. The fourth-order valence-electron chi connectivity index (χ4n) is 3.48. The van der Waals surface area contributed by atoms with Crippen LogP contribution < -0.4 is 15.4 Å². The molecule has 0 saturated carbocycles. The zero-order valence-electron chi connectivity index (χ0n) is 18.0. The van der Waals surface area contributed by atoms with E-state index in [1.54, 1.807) is 6.92 Å². The summed E-state index contributed by atoms with van der Waals surface area (Å²) in [7, 11) is 0. The third-order valence-electron chi connectivity index (χ3n) is 5.27. The molecule has 2 aromatic carbocycles. The normalized spacial score (nSPS) is 17.5. The number of rotatable bonds is 5. The van der Waals surface area contributed by atoms with Gasteiger partial charge < -0.3 is 20.1 Å². The predicted octanol–water partition coefficient (Wildman–Crippen LogP) is 6.94. The number of carbonyl (C=O) groups is 1. The van der Waals surface area contributed by atoms with Crippen molar-refractivity contribution in [2.24, 2.45) is 0 Å². The smallest absolute Gasteiger partial charge is 0.421 e. The number of hydrogen-bond acceptors (Lipinski definition) is 4. The Hall–Kier alpha value is -3.44. The first-order chi connectivity index (χ1) is 16.5. The van der Waals surface area contributed by atoms with Crippen molar-refractivity contribution in [3.63, 3.8) is 0 Å². The lowest BCUT2D eigenvalue weighted by molar-refractivity contribution is -0.333. The summed E-state index contributed by atoms with van der Waals surface area (Å²) >= 11 is 5.70. The second kappa shape index (κ2) is 9.31. The van der Waals surface area contributed by atoms with Crippen LogP contribution in [0.1, 0.15) is 17.7 Å². The van der Waals surface area contributed by atoms with E-state index >= 15 is 0 Å². The number of aromatic nitrogens is 1. The number of hydrogen-bond donors (Lipinski definition) is 2. The number of aryl methyl sites for hydroxylation is 1. The molecule has 184 valence electrons. The van der Waals surface area contributed by atoms with Gasteiger partial charge in [0.2, 0.25) is 5.88 Å². The molecule has 1 fully saturated rings. The predicted molar refractivity (Wildman–Crippen MR) is 118 cm³/mol. The molecule has 1 aromatic heterocycles. The van der Waals surface area contributed by atoms with Crippen LogP contribution in [0.3, 0.4) is 0 Å². The summed E-state index contributed by atoms with van der Waals surface area (Å²) in [5.41, 5.74) is -3.06. The quantitative estimate of drug-likeness (QED) is 0.363. The van der Waals surface area contributed by atoms with E-state index in [4.69, 9.17) is 21.1 Å². The number of ether oxygens (including phenoxy) is 2. The molecular weight excluding hydrogens is 497 g/mol. The van der Waals surface area contributed by atoms with Crippen LogP contribution in [0.4, 0.5) is 38.1 Å².